The summed E-state index contributed by atoms with van der Waals surface area (Å²) in [6.07, 6.45) is 3.84. The van der Waals surface area contributed by atoms with Crippen molar-refractivity contribution in [2.24, 2.45) is 0 Å². The van der Waals surface area contributed by atoms with Crippen LogP contribution in [0.4, 0.5) is 13.2 Å². The third kappa shape index (κ3) is 3.89. The van der Waals surface area contributed by atoms with Gasteiger partial charge in [0.25, 0.3) is 0 Å². The molecule has 0 saturated heterocycles. The quantitative estimate of drug-likeness (QED) is 0.616. The molecule has 5 heteroatoms. The highest BCUT2D eigenvalue weighted by Gasteiger charge is 2.38. The fourth-order valence-corrected chi connectivity index (χ4v) is 4.80. The van der Waals surface area contributed by atoms with Crippen LogP contribution in [0.5, 0.6) is 0 Å². The second kappa shape index (κ2) is 7.50. The number of aromatic amines is 1. The van der Waals surface area contributed by atoms with Crippen LogP contribution in [-0.4, -0.2) is 29.5 Å². The first-order valence-corrected chi connectivity index (χ1v) is 10.0. The van der Waals surface area contributed by atoms with Gasteiger partial charge in [0.15, 0.2) is 0 Å². The molecule has 0 amide bonds. The maximum atomic E-state index is 13.1. The van der Waals surface area contributed by atoms with Crippen molar-refractivity contribution in [1.82, 2.24) is 9.88 Å². The number of aromatic nitrogens is 1. The molecule has 1 aliphatic rings. The summed E-state index contributed by atoms with van der Waals surface area (Å²) in [5.74, 6) is 0.404. The number of H-pyrrole nitrogens is 1. The van der Waals surface area contributed by atoms with E-state index in [1.165, 1.54) is 31.4 Å². The molecular formula is C22H31F3N2. The van der Waals surface area contributed by atoms with Crippen LogP contribution in [-0.2, 0) is 6.18 Å². The summed E-state index contributed by atoms with van der Waals surface area (Å²) < 4.78 is 39.2. The monoisotopic (exact) mass is 380 g/mol. The van der Waals surface area contributed by atoms with Gasteiger partial charge >= 0.3 is 6.18 Å². The van der Waals surface area contributed by atoms with E-state index >= 15 is 0 Å². The minimum absolute atomic E-state index is 0.274. The lowest BCUT2D eigenvalue weighted by atomic mass is 9.72. The van der Waals surface area contributed by atoms with Crippen molar-refractivity contribution in [1.29, 1.82) is 0 Å². The fourth-order valence-electron chi connectivity index (χ4n) is 4.80. The van der Waals surface area contributed by atoms with Gasteiger partial charge in [0.1, 0.15) is 0 Å². The Kier molecular flexibility index (Phi) is 5.62. The number of nitrogens with one attached hydrogen (secondary N) is 1. The van der Waals surface area contributed by atoms with Crippen molar-refractivity contribution < 1.29 is 13.2 Å². The van der Waals surface area contributed by atoms with Crippen molar-refractivity contribution in [3.05, 3.63) is 35.0 Å². The van der Waals surface area contributed by atoms with Crippen LogP contribution in [0.25, 0.3) is 10.9 Å². The van der Waals surface area contributed by atoms with Crippen LogP contribution in [0, 0.1) is 6.92 Å². The van der Waals surface area contributed by atoms with Crippen molar-refractivity contribution >= 4 is 10.9 Å². The smallest absolute Gasteiger partial charge is 0.358 e. The first kappa shape index (κ1) is 20.2. The van der Waals surface area contributed by atoms with Crippen molar-refractivity contribution in [2.75, 3.05) is 14.1 Å². The van der Waals surface area contributed by atoms with Gasteiger partial charge in [-0.05, 0) is 82.8 Å². The largest absolute Gasteiger partial charge is 0.416 e. The number of hydrogen-bond acceptors (Lipinski definition) is 1. The van der Waals surface area contributed by atoms with Crippen LogP contribution >= 0.6 is 0 Å². The van der Waals surface area contributed by atoms with E-state index in [9.17, 15) is 13.2 Å². The van der Waals surface area contributed by atoms with Gasteiger partial charge in [-0.2, -0.15) is 13.2 Å². The van der Waals surface area contributed by atoms with E-state index in [1.807, 2.05) is 6.92 Å². The molecule has 0 bridgehead atoms. The Bertz CT molecular complexity index is 781. The summed E-state index contributed by atoms with van der Waals surface area (Å²) in [6, 6.07) is 4.03. The molecule has 2 aromatic rings. The van der Waals surface area contributed by atoms with Crippen molar-refractivity contribution in [3.63, 3.8) is 0 Å². The van der Waals surface area contributed by atoms with Crippen molar-refractivity contribution in [3.8, 4) is 0 Å². The summed E-state index contributed by atoms with van der Waals surface area (Å²) >= 11 is 0. The van der Waals surface area contributed by atoms with Gasteiger partial charge < -0.3 is 9.88 Å². The normalized spacial score (nSPS) is 24.1. The number of hydrogen-bond donors (Lipinski definition) is 1. The lowest BCUT2D eigenvalue weighted by molar-refractivity contribution is -0.137. The number of aryl methyl sites for hydroxylation is 1. The topological polar surface area (TPSA) is 19.0 Å². The molecule has 1 saturated carbocycles. The first-order chi connectivity index (χ1) is 12.7. The molecule has 150 valence electrons. The second-order valence-corrected chi connectivity index (χ2v) is 8.42. The Balaban J connectivity index is 1.84. The number of benzene rings is 1. The van der Waals surface area contributed by atoms with Gasteiger partial charge in [-0.3, -0.25) is 0 Å². The molecule has 0 aliphatic heterocycles. The van der Waals surface area contributed by atoms with E-state index in [0.717, 1.165) is 42.5 Å². The molecule has 1 aromatic carbocycles. The number of alkyl halides is 3. The third-order valence-electron chi connectivity index (χ3n) is 6.69. The van der Waals surface area contributed by atoms with Gasteiger partial charge in [-0.15, -0.1) is 0 Å². The number of nitrogens with zero attached hydrogens (tertiary/aromatic N) is 1. The molecule has 1 fully saturated rings. The number of fused-ring (bicyclic) bond motifs is 1. The highest BCUT2D eigenvalue weighted by Crippen LogP contribution is 2.44. The minimum atomic E-state index is -4.30. The van der Waals surface area contributed by atoms with E-state index < -0.39 is 11.7 Å². The van der Waals surface area contributed by atoms with Crippen LogP contribution in [0.1, 0.15) is 74.6 Å². The molecule has 1 aromatic heterocycles. The van der Waals surface area contributed by atoms with E-state index in [0.29, 0.717) is 11.3 Å². The van der Waals surface area contributed by atoms with Gasteiger partial charge in [-0.25, -0.2) is 0 Å². The zero-order chi connectivity index (χ0) is 19.8. The van der Waals surface area contributed by atoms with Gasteiger partial charge in [-0.1, -0.05) is 19.8 Å². The Labute approximate surface area is 160 Å². The van der Waals surface area contributed by atoms with Crippen LogP contribution < -0.4 is 0 Å². The average molecular weight is 380 g/mol. The summed E-state index contributed by atoms with van der Waals surface area (Å²) in [5, 5.41) is 0.704. The molecule has 0 atom stereocenters. The van der Waals surface area contributed by atoms with Gasteiger partial charge in [0, 0.05) is 22.1 Å². The Morgan fingerprint density at radius 1 is 1.19 bits per heavy atom. The Hall–Kier alpha value is -1.49. The van der Waals surface area contributed by atoms with E-state index in [4.69, 9.17) is 0 Å². The standard InChI is InChI=1S/C22H31F3N2/c1-5-6-11-21(27(3)4)12-9-16(10-13-21)20-15(2)18-14-17(22(23,24)25)7-8-19(18)26-20/h7-8,14,16,26H,5-6,9-13H2,1-4H3. The van der Waals surface area contributed by atoms with E-state index in [-0.39, 0.29) is 5.54 Å². The maximum absolute atomic E-state index is 13.1. The molecule has 0 radical (unpaired) electrons. The second-order valence-electron chi connectivity index (χ2n) is 8.42. The lowest BCUT2D eigenvalue weighted by Crippen LogP contribution is -2.46. The molecule has 0 unspecified atom stereocenters. The summed E-state index contributed by atoms with van der Waals surface area (Å²) in [6.45, 7) is 4.19. The molecule has 0 spiro atoms. The third-order valence-corrected chi connectivity index (χ3v) is 6.69. The van der Waals surface area contributed by atoms with Crippen LogP contribution in [0.3, 0.4) is 0 Å². The fraction of sp³-hybridized carbons (Fsp3) is 0.636. The number of rotatable bonds is 5. The summed E-state index contributed by atoms with van der Waals surface area (Å²) in [4.78, 5) is 5.83. The molecule has 27 heavy (non-hydrogen) atoms. The zero-order valence-electron chi connectivity index (χ0n) is 16.8. The van der Waals surface area contributed by atoms with Crippen molar-refractivity contribution in [2.45, 2.75) is 76.4 Å². The highest BCUT2D eigenvalue weighted by molar-refractivity contribution is 5.85. The highest BCUT2D eigenvalue weighted by atomic mass is 19.4. The summed E-state index contributed by atoms with van der Waals surface area (Å²) in [5.41, 5.74) is 2.62. The average Bonchev–Trinajstić information content (AvgIpc) is 2.96. The Morgan fingerprint density at radius 3 is 2.41 bits per heavy atom. The molecule has 3 rings (SSSR count). The first-order valence-electron chi connectivity index (χ1n) is 10.0. The van der Waals surface area contributed by atoms with Crippen LogP contribution in [0.15, 0.2) is 18.2 Å². The minimum Gasteiger partial charge on any atom is -0.358 e. The molecule has 1 N–H and O–H groups in total. The Morgan fingerprint density at radius 2 is 1.85 bits per heavy atom. The van der Waals surface area contributed by atoms with Gasteiger partial charge in [0.2, 0.25) is 0 Å². The lowest BCUT2D eigenvalue weighted by Gasteiger charge is -2.45. The van der Waals surface area contributed by atoms with E-state index in [2.05, 4.69) is 30.9 Å². The van der Waals surface area contributed by atoms with E-state index in [1.54, 1.807) is 6.07 Å². The predicted octanol–water partition coefficient (Wildman–Crippen LogP) is 6.64. The number of halogens is 3. The zero-order valence-corrected chi connectivity index (χ0v) is 16.8. The molecule has 2 nitrogen and oxygen atoms in total. The predicted molar refractivity (Wildman–Crippen MR) is 105 cm³/mol. The van der Waals surface area contributed by atoms with Crippen LogP contribution in [0.2, 0.25) is 0 Å². The van der Waals surface area contributed by atoms with Gasteiger partial charge in [0.05, 0.1) is 5.56 Å². The molecule has 1 heterocycles. The summed E-state index contributed by atoms with van der Waals surface area (Å²) in [7, 11) is 4.37. The molecular weight excluding hydrogens is 349 g/mol. The number of unbranched alkanes of at least 4 members (excludes halogenated alkanes) is 1. The molecule has 1 aliphatic carbocycles. The SMILES string of the molecule is CCCCC1(N(C)C)CCC(c2[nH]c3ccc(C(F)(F)F)cc3c2C)CC1. The maximum Gasteiger partial charge on any atom is 0.416 e.